The zero-order valence-corrected chi connectivity index (χ0v) is 8.31. The maximum atomic E-state index is 11.0. The summed E-state index contributed by atoms with van der Waals surface area (Å²) in [5.74, 6) is 1.02. The molecular weight excluding hydrogens is 174 g/mol. The first-order chi connectivity index (χ1) is 5.74. The molecule has 0 spiro atoms. The lowest BCUT2D eigenvalue weighted by Gasteiger charge is -2.27. The smallest absolute Gasteiger partial charge is 0.237 e. The van der Waals surface area contributed by atoms with E-state index in [1.54, 1.807) is 4.90 Å². The van der Waals surface area contributed by atoms with Crippen LogP contribution in [0.15, 0.2) is 0 Å². The van der Waals surface area contributed by atoms with Crippen LogP contribution in [-0.2, 0) is 4.79 Å². The van der Waals surface area contributed by atoms with E-state index in [0.717, 1.165) is 18.9 Å². The van der Waals surface area contributed by atoms with E-state index in [0.29, 0.717) is 0 Å². The summed E-state index contributed by atoms with van der Waals surface area (Å²) < 4.78 is 0. The maximum absolute atomic E-state index is 11.0. The molecule has 2 nitrogen and oxygen atoms in total. The van der Waals surface area contributed by atoms with Gasteiger partial charge in [-0.15, -0.1) is 11.6 Å². The Morgan fingerprint density at radius 3 is 2.67 bits per heavy atom. The molecular formula is C9H16ClNO. The van der Waals surface area contributed by atoms with E-state index >= 15 is 0 Å². The van der Waals surface area contributed by atoms with E-state index in [-0.39, 0.29) is 11.8 Å². The molecule has 1 fully saturated rings. The second-order valence-corrected chi connectivity index (χ2v) is 3.80. The Hall–Kier alpha value is -0.240. The average molecular weight is 190 g/mol. The summed E-state index contributed by atoms with van der Waals surface area (Å²) in [6.45, 7) is 0.871. The Morgan fingerprint density at radius 1 is 1.58 bits per heavy atom. The Kier molecular flexibility index (Phi) is 3.86. The van der Waals surface area contributed by atoms with Gasteiger partial charge in [0.15, 0.2) is 0 Å². The monoisotopic (exact) mass is 189 g/mol. The van der Waals surface area contributed by atoms with Gasteiger partial charge in [-0.1, -0.05) is 19.3 Å². The van der Waals surface area contributed by atoms with Gasteiger partial charge in [-0.2, -0.15) is 0 Å². The summed E-state index contributed by atoms with van der Waals surface area (Å²) in [6, 6.07) is 0. The molecule has 0 N–H and O–H groups in total. The van der Waals surface area contributed by atoms with Crippen LogP contribution >= 0.6 is 11.6 Å². The average Bonchev–Trinajstić information content (AvgIpc) is 2.00. The molecule has 0 aromatic heterocycles. The van der Waals surface area contributed by atoms with E-state index in [2.05, 4.69) is 0 Å². The van der Waals surface area contributed by atoms with Crippen molar-refractivity contribution in [2.45, 2.75) is 25.7 Å². The van der Waals surface area contributed by atoms with Crippen LogP contribution in [-0.4, -0.2) is 30.3 Å². The van der Waals surface area contributed by atoms with E-state index in [9.17, 15) is 4.79 Å². The number of hydrogen-bond acceptors (Lipinski definition) is 1. The number of nitrogens with zero attached hydrogens (tertiary/aromatic N) is 1. The summed E-state index contributed by atoms with van der Waals surface area (Å²) >= 11 is 5.42. The van der Waals surface area contributed by atoms with Crippen molar-refractivity contribution in [2.24, 2.45) is 5.92 Å². The molecule has 0 atom stereocenters. The van der Waals surface area contributed by atoms with Crippen LogP contribution in [0, 0.1) is 5.92 Å². The predicted molar refractivity (Wildman–Crippen MR) is 50.3 cm³/mol. The molecule has 0 radical (unpaired) electrons. The molecule has 12 heavy (non-hydrogen) atoms. The minimum atomic E-state index is 0.0380. The second-order valence-electron chi connectivity index (χ2n) is 3.53. The van der Waals surface area contributed by atoms with Crippen LogP contribution in [0.25, 0.3) is 0 Å². The van der Waals surface area contributed by atoms with Crippen LogP contribution in [0.3, 0.4) is 0 Å². The topological polar surface area (TPSA) is 20.3 Å². The van der Waals surface area contributed by atoms with Gasteiger partial charge in [-0.05, 0) is 12.3 Å². The number of halogens is 1. The van der Waals surface area contributed by atoms with Crippen LogP contribution < -0.4 is 0 Å². The highest BCUT2D eigenvalue weighted by Crippen LogP contribution is 2.29. The molecule has 0 aliphatic heterocycles. The Labute approximate surface area is 78.9 Å². The number of carbonyl (C=O) groups is 1. The van der Waals surface area contributed by atoms with Crippen molar-refractivity contribution in [1.29, 1.82) is 0 Å². The van der Waals surface area contributed by atoms with Crippen molar-refractivity contribution in [1.82, 2.24) is 4.90 Å². The van der Waals surface area contributed by atoms with Crippen molar-refractivity contribution < 1.29 is 4.79 Å². The first-order valence-electron chi connectivity index (χ1n) is 4.54. The molecule has 3 heteroatoms. The maximum Gasteiger partial charge on any atom is 0.237 e. The summed E-state index contributed by atoms with van der Waals surface area (Å²) in [7, 11) is 1.82. The van der Waals surface area contributed by atoms with Crippen LogP contribution in [0.1, 0.15) is 25.7 Å². The molecule has 0 saturated heterocycles. The van der Waals surface area contributed by atoms with Gasteiger partial charge in [-0.25, -0.2) is 0 Å². The highest BCUT2D eigenvalue weighted by molar-refractivity contribution is 6.27. The van der Waals surface area contributed by atoms with Crippen LogP contribution in [0.4, 0.5) is 0 Å². The van der Waals surface area contributed by atoms with Gasteiger partial charge >= 0.3 is 0 Å². The number of amides is 1. The summed E-state index contributed by atoms with van der Waals surface area (Å²) in [5, 5.41) is 0. The number of carbonyl (C=O) groups excluding carboxylic acids is 1. The normalized spacial score (nSPS) is 17.2. The van der Waals surface area contributed by atoms with Gasteiger partial charge in [0, 0.05) is 13.6 Å². The van der Waals surface area contributed by atoms with Crippen LogP contribution in [0.5, 0.6) is 0 Å². The van der Waals surface area contributed by atoms with E-state index < -0.39 is 0 Å². The summed E-state index contributed by atoms with van der Waals surface area (Å²) in [6.07, 6.45) is 5.22. The molecule has 1 aliphatic carbocycles. The Balaban J connectivity index is 2.08. The van der Waals surface area contributed by atoms with Gasteiger partial charge in [-0.3, -0.25) is 4.79 Å². The highest BCUT2D eigenvalue weighted by Gasteiger charge is 2.18. The molecule has 0 bridgehead atoms. The fraction of sp³-hybridized carbons (Fsp3) is 0.889. The third kappa shape index (κ3) is 2.67. The highest BCUT2D eigenvalue weighted by atomic mass is 35.5. The lowest BCUT2D eigenvalue weighted by molar-refractivity contribution is -0.127. The largest absolute Gasteiger partial charge is 0.345 e. The molecule has 0 aromatic rings. The molecule has 70 valence electrons. The van der Waals surface area contributed by atoms with Gasteiger partial charge in [0.2, 0.25) is 5.91 Å². The third-order valence-corrected chi connectivity index (χ3v) is 2.87. The fourth-order valence-electron chi connectivity index (χ4n) is 1.38. The molecule has 0 aromatic carbocycles. The van der Waals surface area contributed by atoms with Crippen molar-refractivity contribution in [3.63, 3.8) is 0 Å². The number of hydrogen-bond donors (Lipinski definition) is 0. The number of alkyl halides is 1. The molecule has 0 heterocycles. The fourth-order valence-corrected chi connectivity index (χ4v) is 1.59. The molecule has 1 saturated carbocycles. The van der Waals surface area contributed by atoms with Gasteiger partial charge in [0.25, 0.3) is 0 Å². The minimum absolute atomic E-state index is 0.0380. The SMILES string of the molecule is CN(CCC1CCC1)C(=O)CCl. The molecule has 1 rings (SSSR count). The zero-order chi connectivity index (χ0) is 8.97. The van der Waals surface area contributed by atoms with E-state index in [4.69, 9.17) is 11.6 Å². The van der Waals surface area contributed by atoms with Gasteiger partial charge in [0.05, 0.1) is 0 Å². The van der Waals surface area contributed by atoms with Gasteiger partial charge in [0.1, 0.15) is 5.88 Å². The second kappa shape index (κ2) is 4.70. The van der Waals surface area contributed by atoms with Crippen molar-refractivity contribution in [3.8, 4) is 0 Å². The first kappa shape index (κ1) is 9.85. The first-order valence-corrected chi connectivity index (χ1v) is 5.07. The third-order valence-electron chi connectivity index (χ3n) is 2.64. The Bertz CT molecular complexity index is 157. The predicted octanol–water partition coefficient (Wildman–Crippen LogP) is 1.87. The van der Waals surface area contributed by atoms with Crippen molar-refractivity contribution >= 4 is 17.5 Å². The summed E-state index contributed by atoms with van der Waals surface area (Å²) in [4.78, 5) is 12.8. The standard InChI is InChI=1S/C9H16ClNO/c1-11(9(12)7-10)6-5-8-3-2-4-8/h8H,2-7H2,1H3. The summed E-state index contributed by atoms with van der Waals surface area (Å²) in [5.41, 5.74) is 0. The minimum Gasteiger partial charge on any atom is -0.345 e. The van der Waals surface area contributed by atoms with Gasteiger partial charge < -0.3 is 4.90 Å². The Morgan fingerprint density at radius 2 is 2.25 bits per heavy atom. The zero-order valence-electron chi connectivity index (χ0n) is 7.55. The molecule has 0 unspecified atom stereocenters. The quantitative estimate of drug-likeness (QED) is 0.619. The number of rotatable bonds is 4. The van der Waals surface area contributed by atoms with Crippen molar-refractivity contribution in [2.75, 3.05) is 19.5 Å². The lowest BCUT2D eigenvalue weighted by Crippen LogP contribution is -2.30. The molecule has 1 aliphatic rings. The van der Waals surface area contributed by atoms with Crippen LogP contribution in [0.2, 0.25) is 0 Å². The molecule has 1 amide bonds. The van der Waals surface area contributed by atoms with E-state index in [1.807, 2.05) is 7.05 Å². The van der Waals surface area contributed by atoms with E-state index in [1.165, 1.54) is 19.3 Å². The van der Waals surface area contributed by atoms with Crippen molar-refractivity contribution in [3.05, 3.63) is 0 Å². The lowest BCUT2D eigenvalue weighted by atomic mass is 9.83.